The molecule has 1 aliphatic heterocycles. The van der Waals surface area contributed by atoms with Gasteiger partial charge in [-0.05, 0) is 45.7 Å². The van der Waals surface area contributed by atoms with Crippen molar-refractivity contribution >= 4 is 29.4 Å². The normalized spacial score (nSPS) is 15.9. The van der Waals surface area contributed by atoms with Crippen LogP contribution in [0.3, 0.4) is 0 Å². The van der Waals surface area contributed by atoms with E-state index in [1.165, 1.54) is 4.90 Å². The molecule has 0 spiro atoms. The second-order valence-corrected chi connectivity index (χ2v) is 7.08. The Labute approximate surface area is 146 Å². The third kappa shape index (κ3) is 4.50. The maximum Gasteiger partial charge on any atom is 0.410 e. The van der Waals surface area contributed by atoms with Crippen molar-refractivity contribution in [3.63, 3.8) is 0 Å². The predicted molar refractivity (Wildman–Crippen MR) is 92.1 cm³/mol. The summed E-state index contributed by atoms with van der Waals surface area (Å²) in [4.78, 5) is 31.1. The van der Waals surface area contributed by atoms with Gasteiger partial charge in [0, 0.05) is 25.3 Å². The number of carbonyl (C=O) groups excluding carboxylic acids is 2. The Kier molecular flexibility index (Phi) is 5.54. The average molecular weight is 355 g/mol. The highest BCUT2D eigenvalue weighted by Crippen LogP contribution is 2.28. The van der Waals surface area contributed by atoms with Crippen LogP contribution in [0.2, 0.25) is 5.15 Å². The summed E-state index contributed by atoms with van der Waals surface area (Å²) in [7, 11) is 0. The Hall–Kier alpha value is -2.02. The number of rotatable bonds is 2. The quantitative estimate of drug-likeness (QED) is 0.827. The standard InChI is InChI=1S/C16H23ClN4O3/c1-16(2,3)24-15(23)20-9-6-11(7-10-20)21(14(18)22)12-5-4-8-19-13(12)17/h4-5,8,11H,6-7,9-10H2,1-3H3,(H2,18,22). The van der Waals surface area contributed by atoms with Gasteiger partial charge in [-0.2, -0.15) is 0 Å². The number of aromatic nitrogens is 1. The number of ether oxygens (including phenoxy) is 1. The molecule has 0 unspecified atom stereocenters. The number of halogens is 1. The van der Waals surface area contributed by atoms with Crippen LogP contribution in [-0.4, -0.2) is 46.7 Å². The van der Waals surface area contributed by atoms with Crippen LogP contribution in [0.4, 0.5) is 15.3 Å². The third-order valence-electron chi connectivity index (χ3n) is 3.72. The topological polar surface area (TPSA) is 88.8 Å². The number of likely N-dealkylation sites (tertiary alicyclic amines) is 1. The molecular formula is C16H23ClN4O3. The van der Waals surface area contributed by atoms with Crippen LogP contribution in [0.5, 0.6) is 0 Å². The van der Waals surface area contributed by atoms with Gasteiger partial charge in [0.1, 0.15) is 5.60 Å². The number of carbonyl (C=O) groups is 2. The molecule has 0 bridgehead atoms. The van der Waals surface area contributed by atoms with Crippen molar-refractivity contribution in [2.45, 2.75) is 45.3 Å². The number of primary amides is 1. The summed E-state index contributed by atoms with van der Waals surface area (Å²) < 4.78 is 5.37. The summed E-state index contributed by atoms with van der Waals surface area (Å²) in [6.07, 6.45) is 2.39. The average Bonchev–Trinajstić information content (AvgIpc) is 2.48. The Morgan fingerprint density at radius 1 is 1.38 bits per heavy atom. The van der Waals surface area contributed by atoms with Crippen LogP contribution in [0.25, 0.3) is 0 Å². The van der Waals surface area contributed by atoms with E-state index < -0.39 is 11.6 Å². The molecule has 0 aromatic carbocycles. The number of nitrogens with zero attached hydrogens (tertiary/aromatic N) is 3. The van der Waals surface area contributed by atoms with E-state index in [0.717, 1.165) is 0 Å². The number of urea groups is 1. The summed E-state index contributed by atoms with van der Waals surface area (Å²) in [5, 5.41) is 0.228. The Morgan fingerprint density at radius 3 is 2.50 bits per heavy atom. The van der Waals surface area contributed by atoms with Crippen molar-refractivity contribution in [2.75, 3.05) is 18.0 Å². The third-order valence-corrected chi connectivity index (χ3v) is 4.01. The first kappa shape index (κ1) is 18.3. The molecule has 2 heterocycles. The molecule has 7 nitrogen and oxygen atoms in total. The summed E-state index contributed by atoms with van der Waals surface area (Å²) in [6.45, 7) is 6.47. The Morgan fingerprint density at radius 2 is 2.00 bits per heavy atom. The van der Waals surface area contributed by atoms with E-state index in [9.17, 15) is 9.59 Å². The molecule has 1 aliphatic rings. The van der Waals surface area contributed by atoms with Crippen LogP contribution < -0.4 is 10.6 Å². The number of hydrogen-bond acceptors (Lipinski definition) is 4. The second kappa shape index (κ2) is 7.25. The summed E-state index contributed by atoms with van der Waals surface area (Å²) in [5.41, 5.74) is 5.50. The van der Waals surface area contributed by atoms with Gasteiger partial charge >= 0.3 is 12.1 Å². The van der Waals surface area contributed by atoms with Crippen LogP contribution in [0.15, 0.2) is 18.3 Å². The van der Waals surface area contributed by atoms with Crippen molar-refractivity contribution in [1.29, 1.82) is 0 Å². The van der Waals surface area contributed by atoms with Gasteiger partial charge in [-0.25, -0.2) is 14.6 Å². The predicted octanol–water partition coefficient (Wildman–Crippen LogP) is 3.02. The first-order chi connectivity index (χ1) is 11.2. The largest absolute Gasteiger partial charge is 0.444 e. The van der Waals surface area contributed by atoms with Gasteiger partial charge in [-0.15, -0.1) is 0 Å². The fourth-order valence-electron chi connectivity index (χ4n) is 2.69. The fraction of sp³-hybridized carbons (Fsp3) is 0.562. The molecule has 3 amide bonds. The molecule has 0 saturated carbocycles. The molecule has 0 atom stereocenters. The first-order valence-corrected chi connectivity index (χ1v) is 8.24. The van der Waals surface area contributed by atoms with E-state index in [4.69, 9.17) is 22.1 Å². The first-order valence-electron chi connectivity index (χ1n) is 7.86. The number of amides is 3. The maximum atomic E-state index is 12.1. The molecular weight excluding hydrogens is 332 g/mol. The minimum absolute atomic E-state index is 0.136. The van der Waals surface area contributed by atoms with Gasteiger partial charge in [0.05, 0.1) is 5.69 Å². The number of hydrogen-bond donors (Lipinski definition) is 1. The van der Waals surface area contributed by atoms with E-state index in [-0.39, 0.29) is 17.3 Å². The van der Waals surface area contributed by atoms with Gasteiger partial charge in [0.15, 0.2) is 5.15 Å². The maximum absolute atomic E-state index is 12.1. The zero-order valence-corrected chi connectivity index (χ0v) is 14.9. The van der Waals surface area contributed by atoms with E-state index in [0.29, 0.717) is 31.6 Å². The van der Waals surface area contributed by atoms with Crippen molar-refractivity contribution in [2.24, 2.45) is 5.73 Å². The number of anilines is 1. The van der Waals surface area contributed by atoms with E-state index >= 15 is 0 Å². The molecule has 0 aliphatic carbocycles. The Bertz CT molecular complexity index is 610. The SMILES string of the molecule is CC(C)(C)OC(=O)N1CCC(N(C(N)=O)c2cccnc2Cl)CC1. The molecule has 8 heteroatoms. The molecule has 1 aromatic rings. The zero-order valence-electron chi connectivity index (χ0n) is 14.2. The van der Waals surface area contributed by atoms with Crippen molar-refractivity contribution < 1.29 is 14.3 Å². The van der Waals surface area contributed by atoms with E-state index in [1.807, 2.05) is 20.8 Å². The van der Waals surface area contributed by atoms with Crippen LogP contribution >= 0.6 is 11.6 Å². The van der Waals surface area contributed by atoms with Gasteiger partial charge in [-0.1, -0.05) is 11.6 Å². The van der Waals surface area contributed by atoms with Gasteiger partial charge in [0.25, 0.3) is 0 Å². The smallest absolute Gasteiger partial charge is 0.410 e. The fourth-order valence-corrected chi connectivity index (χ4v) is 2.90. The lowest BCUT2D eigenvalue weighted by molar-refractivity contribution is 0.0206. The van der Waals surface area contributed by atoms with Crippen molar-refractivity contribution in [3.05, 3.63) is 23.5 Å². The summed E-state index contributed by atoms with van der Waals surface area (Å²) in [6, 6.07) is 2.69. The number of nitrogens with two attached hydrogens (primary N) is 1. The minimum Gasteiger partial charge on any atom is -0.444 e. The molecule has 24 heavy (non-hydrogen) atoms. The molecule has 0 radical (unpaired) electrons. The highest BCUT2D eigenvalue weighted by Gasteiger charge is 2.32. The molecule has 1 fully saturated rings. The lowest BCUT2D eigenvalue weighted by Gasteiger charge is -2.38. The van der Waals surface area contributed by atoms with E-state index in [1.54, 1.807) is 23.2 Å². The Balaban J connectivity index is 2.05. The van der Waals surface area contributed by atoms with Gasteiger partial charge < -0.3 is 15.4 Å². The summed E-state index contributed by atoms with van der Waals surface area (Å²) in [5.74, 6) is 0. The summed E-state index contributed by atoms with van der Waals surface area (Å²) >= 11 is 6.09. The molecule has 2 N–H and O–H groups in total. The van der Waals surface area contributed by atoms with Crippen molar-refractivity contribution in [3.8, 4) is 0 Å². The van der Waals surface area contributed by atoms with E-state index in [2.05, 4.69) is 4.98 Å². The minimum atomic E-state index is -0.583. The zero-order chi connectivity index (χ0) is 17.9. The number of pyridine rings is 1. The molecule has 132 valence electrons. The molecule has 1 aromatic heterocycles. The highest BCUT2D eigenvalue weighted by atomic mass is 35.5. The second-order valence-electron chi connectivity index (χ2n) is 6.72. The lowest BCUT2D eigenvalue weighted by Crippen LogP contribution is -2.51. The highest BCUT2D eigenvalue weighted by molar-refractivity contribution is 6.32. The van der Waals surface area contributed by atoms with Crippen LogP contribution in [-0.2, 0) is 4.74 Å². The molecule has 2 rings (SSSR count). The van der Waals surface area contributed by atoms with Crippen molar-refractivity contribution in [1.82, 2.24) is 9.88 Å². The molecule has 1 saturated heterocycles. The van der Waals surface area contributed by atoms with Gasteiger partial charge in [-0.3, -0.25) is 4.90 Å². The lowest BCUT2D eigenvalue weighted by atomic mass is 10.0. The monoisotopic (exact) mass is 354 g/mol. The van der Waals surface area contributed by atoms with Crippen LogP contribution in [0, 0.1) is 0 Å². The van der Waals surface area contributed by atoms with Gasteiger partial charge in [0.2, 0.25) is 0 Å². The van der Waals surface area contributed by atoms with Crippen LogP contribution in [0.1, 0.15) is 33.6 Å². The number of piperidine rings is 1.